The summed E-state index contributed by atoms with van der Waals surface area (Å²) in [6.45, 7) is 2.15. The Morgan fingerprint density at radius 1 is 1.47 bits per heavy atom. The first-order chi connectivity index (χ1) is 7.15. The highest BCUT2D eigenvalue weighted by Gasteiger charge is 2.38. The third-order valence-electron chi connectivity index (χ3n) is 3.29. The molecule has 2 atom stereocenters. The summed E-state index contributed by atoms with van der Waals surface area (Å²) in [5.41, 5.74) is 0.636. The zero-order valence-electron chi connectivity index (χ0n) is 8.90. The molecule has 1 fully saturated rings. The fourth-order valence-corrected chi connectivity index (χ4v) is 2.50. The van der Waals surface area contributed by atoms with Crippen molar-refractivity contribution in [1.82, 2.24) is 0 Å². The van der Waals surface area contributed by atoms with Crippen LogP contribution >= 0.6 is 0 Å². The number of benzene rings is 1. The van der Waals surface area contributed by atoms with Crippen molar-refractivity contribution in [3.63, 3.8) is 0 Å². The second-order valence-electron chi connectivity index (χ2n) is 4.54. The Kier molecular flexibility index (Phi) is 2.50. The lowest BCUT2D eigenvalue weighted by Crippen LogP contribution is -2.22. The molecule has 0 heterocycles. The van der Waals surface area contributed by atoms with Crippen LogP contribution in [-0.4, -0.2) is 5.11 Å². The molecule has 0 bridgehead atoms. The van der Waals surface area contributed by atoms with E-state index in [-0.39, 0.29) is 0 Å². The van der Waals surface area contributed by atoms with Crippen molar-refractivity contribution in [1.29, 1.82) is 5.26 Å². The molecule has 1 aliphatic carbocycles. The molecule has 1 saturated carbocycles. The number of hydrogen-bond acceptors (Lipinski definition) is 2. The molecule has 2 unspecified atom stereocenters. The Balaban J connectivity index is 2.41. The third kappa shape index (κ3) is 1.75. The molecule has 2 heteroatoms. The molecule has 1 aliphatic rings. The predicted octanol–water partition coefficient (Wildman–Crippen LogP) is 2.57. The molecule has 0 saturated heterocycles. The number of hydrogen-bond donors (Lipinski definition) is 1. The van der Waals surface area contributed by atoms with Gasteiger partial charge in [-0.3, -0.25) is 0 Å². The highest BCUT2D eigenvalue weighted by molar-refractivity contribution is 5.41. The van der Waals surface area contributed by atoms with Gasteiger partial charge in [0.05, 0.1) is 17.2 Å². The van der Waals surface area contributed by atoms with Crippen molar-refractivity contribution in [2.45, 2.75) is 31.8 Å². The van der Waals surface area contributed by atoms with Gasteiger partial charge in [0.15, 0.2) is 0 Å². The monoisotopic (exact) mass is 201 g/mol. The van der Waals surface area contributed by atoms with Gasteiger partial charge in [-0.1, -0.05) is 25.1 Å². The van der Waals surface area contributed by atoms with Crippen molar-refractivity contribution in [2.75, 3.05) is 0 Å². The van der Waals surface area contributed by atoms with Gasteiger partial charge in [-0.05, 0) is 31.2 Å². The van der Waals surface area contributed by atoms with E-state index in [9.17, 15) is 5.11 Å². The molecule has 78 valence electrons. The maximum absolute atomic E-state index is 10.5. The van der Waals surface area contributed by atoms with Gasteiger partial charge < -0.3 is 5.11 Å². The van der Waals surface area contributed by atoms with Gasteiger partial charge in [0.1, 0.15) is 0 Å². The summed E-state index contributed by atoms with van der Waals surface area (Å²) in [6, 6.07) is 9.52. The predicted molar refractivity (Wildman–Crippen MR) is 58.1 cm³/mol. The van der Waals surface area contributed by atoms with E-state index in [1.54, 1.807) is 6.07 Å². The molecule has 2 rings (SSSR count). The van der Waals surface area contributed by atoms with Gasteiger partial charge in [0.25, 0.3) is 0 Å². The average molecular weight is 201 g/mol. The molecular formula is C13H15NO. The van der Waals surface area contributed by atoms with E-state index in [1.807, 2.05) is 18.2 Å². The zero-order chi connectivity index (χ0) is 10.9. The molecule has 2 nitrogen and oxygen atoms in total. The summed E-state index contributed by atoms with van der Waals surface area (Å²) in [5.74, 6) is 0.543. The van der Waals surface area contributed by atoms with Gasteiger partial charge in [-0.25, -0.2) is 0 Å². The van der Waals surface area contributed by atoms with E-state index >= 15 is 0 Å². The average Bonchev–Trinajstić information content (AvgIpc) is 2.60. The molecule has 0 amide bonds. The minimum Gasteiger partial charge on any atom is -0.385 e. The lowest BCUT2D eigenvalue weighted by molar-refractivity contribution is 0.0405. The lowest BCUT2D eigenvalue weighted by Gasteiger charge is -2.24. The van der Waals surface area contributed by atoms with E-state index in [2.05, 4.69) is 13.0 Å². The van der Waals surface area contributed by atoms with Crippen molar-refractivity contribution in [3.8, 4) is 6.07 Å². The minimum absolute atomic E-state index is 0.543. The van der Waals surface area contributed by atoms with Crippen molar-refractivity contribution in [3.05, 3.63) is 35.4 Å². The SMILES string of the molecule is CC1CCC(O)(c2ccccc2C#N)C1. The highest BCUT2D eigenvalue weighted by Crippen LogP contribution is 2.42. The number of nitrogens with zero attached hydrogens (tertiary/aromatic N) is 1. The van der Waals surface area contributed by atoms with Crippen molar-refractivity contribution < 1.29 is 5.11 Å². The van der Waals surface area contributed by atoms with Crippen LogP contribution in [0, 0.1) is 17.2 Å². The van der Waals surface area contributed by atoms with E-state index < -0.39 is 5.60 Å². The Hall–Kier alpha value is -1.33. The zero-order valence-corrected chi connectivity index (χ0v) is 8.90. The lowest BCUT2D eigenvalue weighted by atomic mass is 9.88. The summed E-state index contributed by atoms with van der Waals surface area (Å²) >= 11 is 0. The Morgan fingerprint density at radius 3 is 2.80 bits per heavy atom. The van der Waals surface area contributed by atoms with Gasteiger partial charge in [0.2, 0.25) is 0 Å². The molecule has 15 heavy (non-hydrogen) atoms. The normalized spacial score (nSPS) is 30.1. The van der Waals surface area contributed by atoms with E-state index in [4.69, 9.17) is 5.26 Å². The first kappa shape index (κ1) is 10.2. The van der Waals surface area contributed by atoms with Gasteiger partial charge in [-0.15, -0.1) is 0 Å². The molecule has 0 radical (unpaired) electrons. The molecule has 0 aliphatic heterocycles. The fraction of sp³-hybridized carbons (Fsp3) is 0.462. The minimum atomic E-state index is -0.772. The molecule has 1 aromatic carbocycles. The molecule has 1 N–H and O–H groups in total. The van der Waals surface area contributed by atoms with Crippen molar-refractivity contribution in [2.24, 2.45) is 5.92 Å². The summed E-state index contributed by atoms with van der Waals surface area (Å²) in [7, 11) is 0. The number of aliphatic hydroxyl groups is 1. The maximum Gasteiger partial charge on any atom is 0.0995 e. The van der Waals surface area contributed by atoms with E-state index in [0.29, 0.717) is 11.5 Å². The van der Waals surface area contributed by atoms with Crippen LogP contribution in [0.4, 0.5) is 0 Å². The summed E-state index contributed by atoms with van der Waals surface area (Å²) in [4.78, 5) is 0. The maximum atomic E-state index is 10.5. The largest absolute Gasteiger partial charge is 0.385 e. The Morgan fingerprint density at radius 2 is 2.20 bits per heavy atom. The van der Waals surface area contributed by atoms with E-state index in [0.717, 1.165) is 24.8 Å². The molecular weight excluding hydrogens is 186 g/mol. The van der Waals surface area contributed by atoms with Gasteiger partial charge >= 0.3 is 0 Å². The van der Waals surface area contributed by atoms with Crippen LogP contribution in [-0.2, 0) is 5.60 Å². The van der Waals surface area contributed by atoms with Crippen LogP contribution in [0.25, 0.3) is 0 Å². The van der Waals surface area contributed by atoms with Crippen LogP contribution in [0.15, 0.2) is 24.3 Å². The van der Waals surface area contributed by atoms with Crippen molar-refractivity contribution >= 4 is 0 Å². The first-order valence-electron chi connectivity index (χ1n) is 5.38. The quantitative estimate of drug-likeness (QED) is 0.758. The summed E-state index contributed by atoms with van der Waals surface area (Å²) in [5, 5.41) is 19.5. The third-order valence-corrected chi connectivity index (χ3v) is 3.29. The Bertz CT molecular complexity index is 407. The standard InChI is InChI=1S/C13H15NO/c1-10-6-7-13(15,8-10)12-5-3-2-4-11(12)9-14/h2-5,10,15H,6-8H2,1H3. The van der Waals surface area contributed by atoms with Crippen LogP contribution < -0.4 is 0 Å². The van der Waals surface area contributed by atoms with E-state index in [1.165, 1.54) is 0 Å². The van der Waals surface area contributed by atoms with Gasteiger partial charge in [0, 0.05) is 5.56 Å². The van der Waals surface area contributed by atoms with Crippen LogP contribution in [0.3, 0.4) is 0 Å². The molecule has 0 aromatic heterocycles. The smallest absolute Gasteiger partial charge is 0.0995 e. The first-order valence-corrected chi connectivity index (χ1v) is 5.38. The molecule has 0 spiro atoms. The second kappa shape index (κ2) is 3.67. The number of nitriles is 1. The number of rotatable bonds is 1. The highest BCUT2D eigenvalue weighted by atomic mass is 16.3. The molecule has 1 aromatic rings. The summed E-state index contributed by atoms with van der Waals surface area (Å²) < 4.78 is 0. The van der Waals surface area contributed by atoms with Gasteiger partial charge in [-0.2, -0.15) is 5.26 Å². The van der Waals surface area contributed by atoms with Crippen LogP contribution in [0.1, 0.15) is 37.3 Å². The Labute approximate surface area is 90.2 Å². The fourth-order valence-electron chi connectivity index (χ4n) is 2.50. The van der Waals surface area contributed by atoms with Crippen LogP contribution in [0.5, 0.6) is 0 Å². The van der Waals surface area contributed by atoms with Crippen LogP contribution in [0.2, 0.25) is 0 Å². The second-order valence-corrected chi connectivity index (χ2v) is 4.54. The summed E-state index contributed by atoms with van der Waals surface area (Å²) in [6.07, 6.45) is 2.58. The topological polar surface area (TPSA) is 44.0 Å².